The number of benzene rings is 1. The number of hydrogen-bond acceptors (Lipinski definition) is 5. The Morgan fingerprint density at radius 3 is 2.68 bits per heavy atom. The van der Waals surface area contributed by atoms with E-state index in [1.165, 1.54) is 28.0 Å². The van der Waals surface area contributed by atoms with Gasteiger partial charge in [0.2, 0.25) is 0 Å². The normalized spacial score (nSPS) is 16.1. The number of aromatic nitrogens is 3. The number of alkyl halides is 3. The lowest BCUT2D eigenvalue weighted by Crippen LogP contribution is -2.44. The lowest BCUT2D eigenvalue weighted by molar-refractivity contribution is -0.689. The minimum Gasteiger partial charge on any atom is -0.483 e. The smallest absolute Gasteiger partial charge is 0.416 e. The van der Waals surface area contributed by atoms with E-state index in [2.05, 4.69) is 4.98 Å². The van der Waals surface area contributed by atoms with Crippen LogP contribution in [0.2, 0.25) is 4.47 Å². The summed E-state index contributed by atoms with van der Waals surface area (Å²) in [5, 5.41) is 11.0. The molecule has 31 heavy (non-hydrogen) atoms. The zero-order valence-electron chi connectivity index (χ0n) is 16.6. The Balaban J connectivity index is 2.01. The quantitative estimate of drug-likeness (QED) is 0.582. The third-order valence-electron chi connectivity index (χ3n) is 5.36. The average Bonchev–Trinajstić information content (AvgIpc) is 3.32. The first-order valence-corrected chi connectivity index (χ1v) is 10.8. The van der Waals surface area contributed by atoms with Gasteiger partial charge in [0.05, 0.1) is 23.5 Å². The second-order valence-electron chi connectivity index (χ2n) is 7.07. The zero-order valence-corrected chi connectivity index (χ0v) is 18.2. The van der Waals surface area contributed by atoms with E-state index >= 15 is 0 Å². The molecule has 1 unspecified atom stereocenters. The molecule has 0 spiro atoms. The molecule has 1 aromatic carbocycles. The highest BCUT2D eigenvalue weighted by Gasteiger charge is 2.43. The Labute approximate surface area is 184 Å². The van der Waals surface area contributed by atoms with E-state index in [0.29, 0.717) is 30.0 Å². The van der Waals surface area contributed by atoms with Crippen LogP contribution in [0.15, 0.2) is 35.3 Å². The summed E-state index contributed by atoms with van der Waals surface area (Å²) in [5.74, 6) is 0.136. The van der Waals surface area contributed by atoms with Gasteiger partial charge in [-0.2, -0.15) is 17.7 Å². The van der Waals surface area contributed by atoms with Crippen molar-refractivity contribution in [1.29, 1.82) is 0 Å². The largest absolute Gasteiger partial charge is 0.483 e. The molecule has 4 rings (SSSR count). The van der Waals surface area contributed by atoms with Gasteiger partial charge >= 0.3 is 17.7 Å². The van der Waals surface area contributed by atoms with Crippen LogP contribution in [0.5, 0.6) is 5.88 Å². The van der Waals surface area contributed by atoms with E-state index in [-0.39, 0.29) is 17.0 Å². The first-order chi connectivity index (χ1) is 14.7. The molecule has 1 atom stereocenters. The molecular formula is C20H19ClF3N4O2S+. The van der Waals surface area contributed by atoms with Crippen molar-refractivity contribution in [3.8, 4) is 17.0 Å². The first-order valence-electron chi connectivity index (χ1n) is 9.62. The molecule has 0 bridgehead atoms. The number of aromatic hydroxyl groups is 1. The second-order valence-corrected chi connectivity index (χ2v) is 8.71. The molecule has 1 aliphatic heterocycles. The minimum absolute atomic E-state index is 0.00543. The number of halogens is 4. The molecule has 164 valence electrons. The molecule has 0 fully saturated rings. The molecule has 11 heteroatoms. The summed E-state index contributed by atoms with van der Waals surface area (Å²) in [6.07, 6.45) is -2.97. The predicted octanol–water partition coefficient (Wildman–Crippen LogP) is 4.09. The van der Waals surface area contributed by atoms with Gasteiger partial charge in [0.15, 0.2) is 10.5 Å². The highest BCUT2D eigenvalue weighted by atomic mass is 35.5. The molecule has 0 aliphatic carbocycles. The Kier molecular flexibility index (Phi) is 5.47. The number of thiazole rings is 1. The Morgan fingerprint density at radius 1 is 1.35 bits per heavy atom. The zero-order chi connectivity index (χ0) is 22.5. The molecule has 0 radical (unpaired) electrons. The van der Waals surface area contributed by atoms with Gasteiger partial charge in [0.1, 0.15) is 12.1 Å². The van der Waals surface area contributed by atoms with Gasteiger partial charge in [-0.1, -0.05) is 23.7 Å². The SMILES string of the molecule is CCN1CC(c2cnc(Cl)s2)n2c1[n+](CC)c(O)c(-c1cccc(C(F)(F)F)c1)c2=O. The van der Waals surface area contributed by atoms with E-state index in [0.717, 1.165) is 17.0 Å². The number of rotatable bonds is 4. The third-order valence-corrected chi connectivity index (χ3v) is 6.57. The Hall–Kier alpha value is -2.59. The molecule has 0 saturated heterocycles. The molecule has 1 N–H and O–H groups in total. The van der Waals surface area contributed by atoms with E-state index in [1.54, 1.807) is 17.7 Å². The fourth-order valence-electron chi connectivity index (χ4n) is 3.94. The predicted molar refractivity (Wildman–Crippen MR) is 112 cm³/mol. The maximum absolute atomic E-state index is 13.6. The number of hydrogen-bond donors (Lipinski definition) is 1. The molecule has 2 aromatic heterocycles. The van der Waals surface area contributed by atoms with Crippen LogP contribution in [-0.4, -0.2) is 27.7 Å². The van der Waals surface area contributed by atoms with Crippen LogP contribution in [0.25, 0.3) is 11.1 Å². The summed E-state index contributed by atoms with van der Waals surface area (Å²) in [6, 6.07) is 4.01. The van der Waals surface area contributed by atoms with Gasteiger partial charge in [-0.15, -0.1) is 11.3 Å². The summed E-state index contributed by atoms with van der Waals surface area (Å²) in [6.45, 7) is 5.07. The summed E-state index contributed by atoms with van der Waals surface area (Å²) in [5.41, 5.74) is -1.62. The lowest BCUT2D eigenvalue weighted by Gasteiger charge is -2.16. The van der Waals surface area contributed by atoms with Gasteiger partial charge in [0.25, 0.3) is 5.88 Å². The summed E-state index contributed by atoms with van der Waals surface area (Å²) < 4.78 is 43.2. The highest BCUT2D eigenvalue weighted by molar-refractivity contribution is 7.15. The minimum atomic E-state index is -4.57. The average molecular weight is 472 g/mol. The van der Waals surface area contributed by atoms with Gasteiger partial charge < -0.3 is 5.11 Å². The number of anilines is 1. The van der Waals surface area contributed by atoms with E-state index in [1.807, 2.05) is 11.8 Å². The van der Waals surface area contributed by atoms with Crippen molar-refractivity contribution in [3.05, 3.63) is 55.7 Å². The van der Waals surface area contributed by atoms with Gasteiger partial charge in [0, 0.05) is 6.20 Å². The van der Waals surface area contributed by atoms with Crippen LogP contribution in [0, 0.1) is 0 Å². The number of nitrogens with zero attached hydrogens (tertiary/aromatic N) is 4. The third kappa shape index (κ3) is 3.57. The van der Waals surface area contributed by atoms with Crippen molar-refractivity contribution in [3.63, 3.8) is 0 Å². The molecule has 3 heterocycles. The van der Waals surface area contributed by atoms with Crippen LogP contribution >= 0.6 is 22.9 Å². The molecule has 0 saturated carbocycles. The van der Waals surface area contributed by atoms with Crippen molar-refractivity contribution in [2.75, 3.05) is 18.0 Å². The molecule has 3 aromatic rings. The van der Waals surface area contributed by atoms with Gasteiger partial charge in [-0.3, -0.25) is 4.90 Å². The van der Waals surface area contributed by atoms with E-state index < -0.39 is 23.3 Å². The Bertz CT molecular complexity index is 1210. The van der Waals surface area contributed by atoms with Crippen LogP contribution in [0.1, 0.15) is 30.3 Å². The van der Waals surface area contributed by atoms with Crippen molar-refractivity contribution < 1.29 is 22.8 Å². The fraction of sp³-hybridized carbons (Fsp3) is 0.350. The van der Waals surface area contributed by atoms with Crippen LogP contribution in [0.4, 0.5) is 19.1 Å². The fourth-order valence-corrected chi connectivity index (χ4v) is 4.98. The van der Waals surface area contributed by atoms with Crippen LogP contribution in [-0.2, 0) is 12.7 Å². The summed E-state index contributed by atoms with van der Waals surface area (Å²) in [4.78, 5) is 20.4. The molecular weight excluding hydrogens is 453 g/mol. The van der Waals surface area contributed by atoms with Gasteiger partial charge in [-0.05, 0) is 31.5 Å². The summed E-state index contributed by atoms with van der Waals surface area (Å²) in [7, 11) is 0. The van der Waals surface area contributed by atoms with E-state index in [4.69, 9.17) is 11.6 Å². The first kappa shape index (κ1) is 21.6. The second kappa shape index (κ2) is 7.83. The van der Waals surface area contributed by atoms with Crippen molar-refractivity contribution >= 4 is 28.9 Å². The van der Waals surface area contributed by atoms with E-state index in [9.17, 15) is 23.1 Å². The van der Waals surface area contributed by atoms with Crippen LogP contribution in [0.3, 0.4) is 0 Å². The van der Waals surface area contributed by atoms with Crippen molar-refractivity contribution in [2.45, 2.75) is 32.6 Å². The van der Waals surface area contributed by atoms with Crippen molar-refractivity contribution in [2.24, 2.45) is 0 Å². The lowest BCUT2D eigenvalue weighted by atomic mass is 10.0. The van der Waals surface area contributed by atoms with Crippen molar-refractivity contribution in [1.82, 2.24) is 9.55 Å². The van der Waals surface area contributed by atoms with Gasteiger partial charge in [-0.25, -0.2) is 14.3 Å². The monoisotopic (exact) mass is 471 g/mol. The Morgan fingerprint density at radius 2 is 2.10 bits per heavy atom. The topological polar surface area (TPSA) is 62.2 Å². The number of likely N-dealkylation sites (N-methyl/N-ethyl adjacent to an activating group) is 1. The molecule has 1 aliphatic rings. The summed E-state index contributed by atoms with van der Waals surface area (Å²) >= 11 is 7.24. The molecule has 6 nitrogen and oxygen atoms in total. The molecule has 0 amide bonds. The van der Waals surface area contributed by atoms with Crippen LogP contribution < -0.4 is 15.0 Å². The number of fused-ring (bicyclic) bond motifs is 1. The maximum atomic E-state index is 13.6. The maximum Gasteiger partial charge on any atom is 0.416 e. The highest BCUT2D eigenvalue weighted by Crippen LogP contribution is 2.37. The standard InChI is InChI=1S/C20H18ClF3N4O2S/c1-3-26-10-13(14-9-25-18(21)31-14)28-17(30)15(16(29)27(4-2)19(26)28)11-6-5-7-12(8-11)20(22,23)24/h5-9,13H,3-4,10H2,1-2H3/p+1.